The molecule has 3 N–H and O–H groups in total. The SMILES string of the molecule is CC(NC(=O)NCCc1ccc(CO)cc1)c1nnc2ccccn12. The van der Waals surface area contributed by atoms with Gasteiger partial charge in [-0.1, -0.05) is 30.3 Å². The first-order valence-electron chi connectivity index (χ1n) is 8.20. The van der Waals surface area contributed by atoms with Crippen molar-refractivity contribution in [2.45, 2.75) is 26.0 Å². The number of fused-ring (bicyclic) bond motifs is 1. The molecule has 2 aromatic heterocycles. The monoisotopic (exact) mass is 339 g/mol. The van der Waals surface area contributed by atoms with Crippen LogP contribution in [-0.2, 0) is 13.0 Å². The summed E-state index contributed by atoms with van der Waals surface area (Å²) in [6, 6.07) is 12.8. The van der Waals surface area contributed by atoms with E-state index in [2.05, 4.69) is 20.8 Å². The van der Waals surface area contributed by atoms with Gasteiger partial charge in [0.1, 0.15) is 0 Å². The Hall–Kier alpha value is -2.93. The van der Waals surface area contributed by atoms with E-state index in [-0.39, 0.29) is 18.7 Å². The molecule has 0 aliphatic rings. The van der Waals surface area contributed by atoms with Crippen LogP contribution in [0.3, 0.4) is 0 Å². The van der Waals surface area contributed by atoms with Crippen LogP contribution in [0.1, 0.15) is 29.9 Å². The highest BCUT2D eigenvalue weighted by atomic mass is 16.3. The fourth-order valence-corrected chi connectivity index (χ4v) is 2.60. The Balaban J connectivity index is 1.50. The normalized spacial score (nSPS) is 12.1. The van der Waals surface area contributed by atoms with Crippen LogP contribution in [0.15, 0.2) is 48.7 Å². The van der Waals surface area contributed by atoms with Gasteiger partial charge < -0.3 is 15.7 Å². The first kappa shape index (κ1) is 16.9. The fourth-order valence-electron chi connectivity index (χ4n) is 2.60. The summed E-state index contributed by atoms with van der Waals surface area (Å²) in [6.07, 6.45) is 2.60. The molecule has 0 aliphatic heterocycles. The average Bonchev–Trinajstić information content (AvgIpc) is 3.06. The quantitative estimate of drug-likeness (QED) is 0.639. The zero-order valence-corrected chi connectivity index (χ0v) is 14.0. The lowest BCUT2D eigenvalue weighted by Crippen LogP contribution is -2.38. The summed E-state index contributed by atoms with van der Waals surface area (Å²) in [4.78, 5) is 12.1. The van der Waals surface area contributed by atoms with Crippen molar-refractivity contribution in [2.24, 2.45) is 0 Å². The van der Waals surface area contributed by atoms with Gasteiger partial charge in [-0.2, -0.15) is 0 Å². The number of nitrogens with zero attached hydrogens (tertiary/aromatic N) is 3. The summed E-state index contributed by atoms with van der Waals surface area (Å²) in [6.45, 7) is 2.43. The third-order valence-electron chi connectivity index (χ3n) is 3.98. The fraction of sp³-hybridized carbons (Fsp3) is 0.278. The minimum atomic E-state index is -0.263. The van der Waals surface area contributed by atoms with E-state index in [1.165, 1.54) is 0 Å². The molecule has 0 radical (unpaired) electrons. The molecule has 0 spiro atoms. The predicted molar refractivity (Wildman–Crippen MR) is 94.0 cm³/mol. The Kier molecular flexibility index (Phi) is 5.25. The van der Waals surface area contributed by atoms with Crippen molar-refractivity contribution in [3.8, 4) is 0 Å². The summed E-state index contributed by atoms with van der Waals surface area (Å²) < 4.78 is 1.85. The van der Waals surface area contributed by atoms with Crippen LogP contribution in [0.25, 0.3) is 5.65 Å². The maximum atomic E-state index is 12.1. The number of nitrogens with one attached hydrogen (secondary N) is 2. The number of carbonyl (C=O) groups is 1. The molecule has 0 saturated heterocycles. The Labute approximate surface area is 145 Å². The largest absolute Gasteiger partial charge is 0.392 e. The Bertz CT molecular complexity index is 844. The van der Waals surface area contributed by atoms with E-state index in [1.807, 2.05) is 60.0 Å². The van der Waals surface area contributed by atoms with Gasteiger partial charge in [0.05, 0.1) is 12.6 Å². The highest BCUT2D eigenvalue weighted by Gasteiger charge is 2.15. The molecule has 1 atom stereocenters. The first-order chi connectivity index (χ1) is 12.2. The molecule has 0 saturated carbocycles. The molecule has 25 heavy (non-hydrogen) atoms. The molecular formula is C18H21N5O2. The van der Waals surface area contributed by atoms with E-state index in [4.69, 9.17) is 5.11 Å². The maximum Gasteiger partial charge on any atom is 0.315 e. The topological polar surface area (TPSA) is 91.5 Å². The number of aliphatic hydroxyl groups excluding tert-OH is 1. The molecule has 0 bridgehead atoms. The van der Waals surface area contributed by atoms with Crippen molar-refractivity contribution >= 4 is 11.7 Å². The third-order valence-corrected chi connectivity index (χ3v) is 3.98. The highest BCUT2D eigenvalue weighted by molar-refractivity contribution is 5.74. The van der Waals surface area contributed by atoms with E-state index in [1.54, 1.807) is 0 Å². The van der Waals surface area contributed by atoms with Gasteiger partial charge in [0, 0.05) is 12.7 Å². The number of benzene rings is 1. The minimum Gasteiger partial charge on any atom is -0.392 e. The van der Waals surface area contributed by atoms with Gasteiger partial charge in [0.25, 0.3) is 0 Å². The number of urea groups is 1. The number of rotatable bonds is 6. The zero-order chi connectivity index (χ0) is 17.6. The smallest absolute Gasteiger partial charge is 0.315 e. The summed E-state index contributed by atoms with van der Waals surface area (Å²) in [5, 5.41) is 23.0. The van der Waals surface area contributed by atoms with Crippen molar-refractivity contribution in [1.82, 2.24) is 25.2 Å². The van der Waals surface area contributed by atoms with E-state index < -0.39 is 0 Å². The molecule has 7 nitrogen and oxygen atoms in total. The maximum absolute atomic E-state index is 12.1. The molecular weight excluding hydrogens is 318 g/mol. The second-order valence-corrected chi connectivity index (χ2v) is 5.83. The van der Waals surface area contributed by atoms with E-state index in [0.29, 0.717) is 12.4 Å². The highest BCUT2D eigenvalue weighted by Crippen LogP contribution is 2.11. The van der Waals surface area contributed by atoms with Crippen molar-refractivity contribution in [1.29, 1.82) is 0 Å². The van der Waals surface area contributed by atoms with E-state index in [0.717, 1.165) is 23.2 Å². The summed E-state index contributed by atoms with van der Waals surface area (Å²) in [5.74, 6) is 0.686. The molecule has 130 valence electrons. The van der Waals surface area contributed by atoms with Crippen LogP contribution in [0.5, 0.6) is 0 Å². The van der Waals surface area contributed by atoms with Crippen LogP contribution in [0.4, 0.5) is 4.79 Å². The number of aromatic nitrogens is 3. The molecule has 2 amide bonds. The Morgan fingerprint density at radius 2 is 1.92 bits per heavy atom. The predicted octanol–water partition coefficient (Wildman–Crippen LogP) is 1.82. The minimum absolute atomic E-state index is 0.0378. The summed E-state index contributed by atoms with van der Waals surface area (Å²) in [5.41, 5.74) is 2.73. The number of aliphatic hydroxyl groups is 1. The van der Waals surface area contributed by atoms with E-state index in [9.17, 15) is 4.79 Å². The van der Waals surface area contributed by atoms with Crippen LogP contribution in [-0.4, -0.2) is 32.3 Å². The second kappa shape index (κ2) is 7.76. The number of hydrogen-bond donors (Lipinski definition) is 3. The van der Waals surface area contributed by atoms with E-state index >= 15 is 0 Å². The second-order valence-electron chi connectivity index (χ2n) is 5.83. The van der Waals surface area contributed by atoms with Crippen LogP contribution in [0, 0.1) is 0 Å². The lowest BCUT2D eigenvalue weighted by molar-refractivity contribution is 0.237. The van der Waals surface area contributed by atoms with Gasteiger partial charge in [0.15, 0.2) is 11.5 Å². The van der Waals surface area contributed by atoms with Crippen molar-refractivity contribution in [3.05, 3.63) is 65.6 Å². The van der Waals surface area contributed by atoms with Crippen LogP contribution >= 0.6 is 0 Å². The molecule has 1 unspecified atom stereocenters. The van der Waals surface area contributed by atoms with Gasteiger partial charge in [-0.25, -0.2) is 4.79 Å². The van der Waals surface area contributed by atoms with Gasteiger partial charge >= 0.3 is 6.03 Å². The Morgan fingerprint density at radius 3 is 2.68 bits per heavy atom. The molecule has 0 fully saturated rings. The van der Waals surface area contributed by atoms with Gasteiger partial charge in [-0.05, 0) is 36.6 Å². The molecule has 7 heteroatoms. The van der Waals surface area contributed by atoms with Crippen molar-refractivity contribution in [2.75, 3.05) is 6.54 Å². The molecule has 3 aromatic rings. The summed E-state index contributed by atoms with van der Waals surface area (Å²) in [7, 11) is 0. The summed E-state index contributed by atoms with van der Waals surface area (Å²) >= 11 is 0. The lowest BCUT2D eigenvalue weighted by atomic mass is 10.1. The van der Waals surface area contributed by atoms with Crippen molar-refractivity contribution in [3.63, 3.8) is 0 Å². The number of amides is 2. The van der Waals surface area contributed by atoms with Crippen LogP contribution in [0.2, 0.25) is 0 Å². The van der Waals surface area contributed by atoms with Crippen molar-refractivity contribution < 1.29 is 9.90 Å². The molecule has 0 aliphatic carbocycles. The molecule has 2 heterocycles. The standard InChI is InChI=1S/C18H21N5O2/c1-13(17-22-21-16-4-2-3-11-23(16)17)20-18(25)19-10-9-14-5-7-15(12-24)8-6-14/h2-8,11,13,24H,9-10,12H2,1H3,(H2,19,20,25). The number of hydrogen-bond acceptors (Lipinski definition) is 4. The van der Waals surface area contributed by atoms with Gasteiger partial charge in [-0.15, -0.1) is 10.2 Å². The van der Waals surface area contributed by atoms with Gasteiger partial charge in [-0.3, -0.25) is 4.40 Å². The van der Waals surface area contributed by atoms with Gasteiger partial charge in [0.2, 0.25) is 0 Å². The number of carbonyl (C=O) groups excluding carboxylic acids is 1. The molecule has 1 aromatic carbocycles. The first-order valence-corrected chi connectivity index (χ1v) is 8.20. The average molecular weight is 339 g/mol. The zero-order valence-electron chi connectivity index (χ0n) is 14.0. The van der Waals surface area contributed by atoms with Crippen LogP contribution < -0.4 is 10.6 Å². The third kappa shape index (κ3) is 4.13. The molecule has 3 rings (SSSR count). The lowest BCUT2D eigenvalue weighted by Gasteiger charge is -2.13. The number of pyridine rings is 1. The Morgan fingerprint density at radius 1 is 1.16 bits per heavy atom.